The van der Waals surface area contributed by atoms with Crippen LogP contribution in [0, 0.1) is 0 Å². The zero-order valence-corrected chi connectivity index (χ0v) is 21.8. The number of aromatic nitrogens is 4. The van der Waals surface area contributed by atoms with Crippen molar-refractivity contribution < 1.29 is 41.9 Å². The molecule has 208 valence electrons. The van der Waals surface area contributed by atoms with Crippen LogP contribution in [0.15, 0.2) is 73.1 Å². The largest absolute Gasteiger partial charge is 0.478 e. The number of rotatable bonds is 8. The molecule has 0 aliphatic heterocycles. The van der Waals surface area contributed by atoms with Crippen molar-refractivity contribution in [2.75, 3.05) is 29.6 Å². The molecule has 4 aromatic rings. The number of carboxylic acids is 2. The van der Waals surface area contributed by atoms with E-state index in [1.807, 2.05) is 43.5 Å². The van der Waals surface area contributed by atoms with E-state index in [4.69, 9.17) is 27.7 Å². The highest BCUT2D eigenvalue weighted by Gasteiger charge is 2.19. The number of pyridine rings is 1. The molecular weight excluding hydrogens is 546 g/mol. The monoisotopic (exact) mass is 570 g/mol. The minimum Gasteiger partial charge on any atom is -0.478 e. The minimum atomic E-state index is -4.67. The molecule has 0 unspecified atom stereocenters. The number of nitrogens with zero attached hydrogens (tertiary/aromatic N) is 5. The Morgan fingerprint density at radius 3 is 1.43 bits per heavy atom. The van der Waals surface area contributed by atoms with Gasteiger partial charge in [-0.25, -0.2) is 14.2 Å². The van der Waals surface area contributed by atoms with Gasteiger partial charge in [-0.1, -0.05) is 0 Å². The Morgan fingerprint density at radius 1 is 0.725 bits per heavy atom. The maximum Gasteiger partial charge on any atom is 0.444 e. The quantitative estimate of drug-likeness (QED) is 0.132. The Balaban J connectivity index is 0.000000810. The van der Waals surface area contributed by atoms with Gasteiger partial charge >= 0.3 is 40.2 Å². The number of anilines is 5. The molecule has 15 nitrogen and oxygen atoms in total. The van der Waals surface area contributed by atoms with Crippen molar-refractivity contribution >= 4 is 51.3 Å². The van der Waals surface area contributed by atoms with Crippen LogP contribution < -0.4 is 20.1 Å². The molecule has 0 atom stereocenters. The summed E-state index contributed by atoms with van der Waals surface area (Å²) in [5.41, 5.74) is 2.52. The van der Waals surface area contributed by atoms with Crippen LogP contribution in [0.2, 0.25) is 0 Å². The summed E-state index contributed by atoms with van der Waals surface area (Å²) in [4.78, 5) is 37.6. The second-order valence-electron chi connectivity index (χ2n) is 8.10. The van der Waals surface area contributed by atoms with Gasteiger partial charge in [-0.3, -0.25) is 9.11 Å². The Morgan fingerprint density at radius 2 is 1.10 bits per heavy atom. The summed E-state index contributed by atoms with van der Waals surface area (Å²) in [6, 6.07) is 16.2. The molecule has 2 aromatic heterocycles. The lowest BCUT2D eigenvalue weighted by atomic mass is 10.2. The molecule has 2 aromatic carbocycles. The summed E-state index contributed by atoms with van der Waals surface area (Å²) in [5.74, 6) is -1.24. The Hall–Kier alpha value is -5.19. The number of nitrogens with one attached hydrogen (secondary N) is 2. The molecule has 0 amide bonds. The average Bonchev–Trinajstić information content (AvgIpc) is 2.88. The molecule has 0 spiro atoms. The van der Waals surface area contributed by atoms with Gasteiger partial charge in [0.1, 0.15) is 0 Å². The van der Waals surface area contributed by atoms with Gasteiger partial charge < -0.3 is 25.7 Å². The molecule has 0 aliphatic rings. The molecule has 6 N–H and O–H groups in total. The average molecular weight is 571 g/mol. The number of hydrogen-bond acceptors (Lipinski definition) is 10. The van der Waals surface area contributed by atoms with Crippen molar-refractivity contribution in [3.05, 3.63) is 84.2 Å². The van der Waals surface area contributed by atoms with E-state index in [2.05, 4.69) is 25.6 Å². The van der Waals surface area contributed by atoms with Crippen LogP contribution in [0.1, 0.15) is 20.7 Å². The van der Waals surface area contributed by atoms with Crippen LogP contribution in [0.4, 0.5) is 29.0 Å². The zero-order valence-electron chi connectivity index (χ0n) is 21.0. The second-order valence-corrected chi connectivity index (χ2v) is 9.00. The summed E-state index contributed by atoms with van der Waals surface area (Å²) in [7, 11) is -0.782. The van der Waals surface area contributed by atoms with Gasteiger partial charge in [0.05, 0.1) is 23.5 Å². The zero-order chi connectivity index (χ0) is 29.4. The van der Waals surface area contributed by atoms with Crippen molar-refractivity contribution in [3.8, 4) is 5.95 Å². The third-order valence-corrected chi connectivity index (χ3v) is 4.96. The van der Waals surface area contributed by atoms with E-state index >= 15 is 0 Å². The highest BCUT2D eigenvalue weighted by atomic mass is 32.3. The number of aromatic carboxylic acids is 2. The summed E-state index contributed by atoms with van der Waals surface area (Å²) >= 11 is 0. The van der Waals surface area contributed by atoms with Crippen LogP contribution >= 0.6 is 0 Å². The van der Waals surface area contributed by atoms with E-state index in [9.17, 15) is 9.59 Å². The predicted octanol–water partition coefficient (Wildman–Crippen LogP) is 2.45. The number of hydrogen-bond donors (Lipinski definition) is 6. The lowest BCUT2D eigenvalue weighted by Gasteiger charge is -2.11. The topological polar surface area (TPSA) is 219 Å². The van der Waals surface area contributed by atoms with Crippen LogP contribution in [0.5, 0.6) is 0 Å². The third kappa shape index (κ3) is 8.98. The van der Waals surface area contributed by atoms with Gasteiger partial charge in [-0.2, -0.15) is 8.42 Å². The molecule has 0 saturated heterocycles. The van der Waals surface area contributed by atoms with E-state index in [0.29, 0.717) is 17.3 Å². The normalized spacial score (nSPS) is 10.6. The molecule has 16 heteroatoms. The van der Waals surface area contributed by atoms with Gasteiger partial charge in [0.15, 0.2) is 0 Å². The summed E-state index contributed by atoms with van der Waals surface area (Å²) in [6.07, 6.45) is 3.64. The first-order chi connectivity index (χ1) is 18.8. The fourth-order valence-electron chi connectivity index (χ4n) is 3.09. The SMILES string of the molecule is CN(C)c1cc[n+](-c2nc(Nc3ccc(C(=O)O)cc3)nc(Nc3ccc(C(=O)O)cc3)n2)cc1.O=S(=O)(O)O. The summed E-state index contributed by atoms with van der Waals surface area (Å²) < 4.78 is 33.3. The van der Waals surface area contributed by atoms with Crippen LogP contribution in [-0.2, 0) is 10.4 Å². The van der Waals surface area contributed by atoms with Crippen molar-refractivity contribution in [2.45, 2.75) is 0 Å². The summed E-state index contributed by atoms with van der Waals surface area (Å²) in [5, 5.41) is 24.3. The first kappa shape index (κ1) is 29.4. The maximum absolute atomic E-state index is 11.1. The Kier molecular flexibility index (Phi) is 9.23. The molecule has 40 heavy (non-hydrogen) atoms. The van der Waals surface area contributed by atoms with Gasteiger partial charge in [-0.15, -0.1) is 4.98 Å². The summed E-state index contributed by atoms with van der Waals surface area (Å²) in [6.45, 7) is 0. The van der Waals surface area contributed by atoms with Gasteiger partial charge in [0.25, 0.3) is 0 Å². The standard InChI is InChI=1S/C24H21N7O4.H2O4S/c1-30(2)19-11-13-31(14-12-19)24-28-22(25-17-7-3-15(4-8-17)20(32)33)27-23(29-24)26-18-9-5-16(6-10-18)21(34)35;1-5(2,3)4/h3-14H,1-2H3,(H3-,25,26,27,28,29,32,33,34,35);(H2,1,2,3,4)/p+1. The molecule has 0 saturated carbocycles. The molecule has 0 aliphatic carbocycles. The van der Waals surface area contributed by atoms with Crippen LogP contribution in [-0.4, -0.2) is 68.7 Å². The van der Waals surface area contributed by atoms with E-state index in [-0.39, 0.29) is 23.0 Å². The fraction of sp³-hybridized carbons (Fsp3) is 0.0833. The van der Waals surface area contributed by atoms with E-state index < -0.39 is 22.3 Å². The Labute approximate surface area is 228 Å². The third-order valence-electron chi connectivity index (χ3n) is 4.96. The van der Waals surface area contributed by atoms with Crippen LogP contribution in [0.3, 0.4) is 0 Å². The maximum atomic E-state index is 11.1. The molecule has 2 heterocycles. The van der Waals surface area contributed by atoms with E-state index in [0.717, 1.165) is 5.69 Å². The van der Waals surface area contributed by atoms with Gasteiger partial charge in [-0.05, 0) is 70.6 Å². The van der Waals surface area contributed by atoms with E-state index in [1.165, 1.54) is 24.3 Å². The molecule has 0 fully saturated rings. The molecule has 0 radical (unpaired) electrons. The van der Waals surface area contributed by atoms with Crippen LogP contribution in [0.25, 0.3) is 5.95 Å². The smallest absolute Gasteiger partial charge is 0.444 e. The molecular formula is C24H24N7O8S+. The first-order valence-electron chi connectivity index (χ1n) is 11.1. The van der Waals surface area contributed by atoms with E-state index in [1.54, 1.807) is 28.8 Å². The number of benzene rings is 2. The first-order valence-corrected chi connectivity index (χ1v) is 12.5. The lowest BCUT2D eigenvalue weighted by Crippen LogP contribution is -2.33. The number of carboxylic acid groups (broad SMARTS) is 2. The molecule has 4 rings (SSSR count). The van der Waals surface area contributed by atoms with Gasteiger partial charge in [0, 0.05) is 31.2 Å². The van der Waals surface area contributed by atoms with Crippen molar-refractivity contribution in [3.63, 3.8) is 0 Å². The van der Waals surface area contributed by atoms with Gasteiger partial charge in [0.2, 0.25) is 0 Å². The lowest BCUT2D eigenvalue weighted by molar-refractivity contribution is -0.603. The number of carbonyl (C=O) groups is 2. The minimum absolute atomic E-state index is 0.163. The Bertz CT molecular complexity index is 1510. The highest BCUT2D eigenvalue weighted by Crippen LogP contribution is 2.19. The fourth-order valence-corrected chi connectivity index (χ4v) is 3.09. The van der Waals surface area contributed by atoms with Crippen molar-refractivity contribution in [1.29, 1.82) is 0 Å². The highest BCUT2D eigenvalue weighted by molar-refractivity contribution is 7.79. The van der Waals surface area contributed by atoms with Crippen molar-refractivity contribution in [1.82, 2.24) is 15.0 Å². The molecule has 0 bridgehead atoms. The predicted molar refractivity (Wildman–Crippen MR) is 143 cm³/mol. The second kappa shape index (κ2) is 12.6. The van der Waals surface area contributed by atoms with Crippen molar-refractivity contribution in [2.24, 2.45) is 0 Å².